The summed E-state index contributed by atoms with van der Waals surface area (Å²) in [6.45, 7) is 7.19. The van der Waals surface area contributed by atoms with Gasteiger partial charge in [0.2, 0.25) is 0 Å². The Morgan fingerprint density at radius 1 is 0.727 bits per heavy atom. The molecular weight excluding hydrogens is 351 g/mol. The molecule has 2 heteroatoms. The number of benzene rings is 1. The Morgan fingerprint density at radius 3 is 1.68 bits per heavy atom. The first-order chi connectivity index (χ1) is 10.4. The van der Waals surface area contributed by atoms with Crippen LogP contribution in [0, 0.1) is 0 Å². The summed E-state index contributed by atoms with van der Waals surface area (Å²) in [6, 6.07) is 11.0. The van der Waals surface area contributed by atoms with Gasteiger partial charge in [0.1, 0.15) is 0 Å². The van der Waals surface area contributed by atoms with Crippen molar-refractivity contribution in [2.75, 3.05) is 19.5 Å². The quantitative estimate of drug-likeness (QED) is 0.260. The van der Waals surface area contributed by atoms with Gasteiger partial charge in [-0.05, 0) is 0 Å². The predicted octanol–water partition coefficient (Wildman–Crippen LogP) is 7.36. The molecule has 22 heavy (non-hydrogen) atoms. The fourth-order valence-corrected chi connectivity index (χ4v) is 7.02. The molecule has 0 fully saturated rings. The average molecular weight is 387 g/mol. The summed E-state index contributed by atoms with van der Waals surface area (Å²) in [5.74, 6) is 0. The van der Waals surface area contributed by atoms with Crippen molar-refractivity contribution in [3.05, 3.63) is 30.3 Å². The van der Waals surface area contributed by atoms with E-state index in [1.54, 1.807) is 0 Å². The Labute approximate surface area is 147 Å². The minimum absolute atomic E-state index is 1.33. The van der Waals surface area contributed by atoms with Crippen LogP contribution in [0.4, 0.5) is 0 Å². The van der Waals surface area contributed by atoms with Gasteiger partial charge in [-0.2, -0.15) is 0 Å². The maximum absolute atomic E-state index is 4.14. The van der Waals surface area contributed by atoms with E-state index in [0.717, 1.165) is 0 Å². The van der Waals surface area contributed by atoms with E-state index in [9.17, 15) is 0 Å². The number of halogens is 1. The van der Waals surface area contributed by atoms with Crippen LogP contribution in [0.25, 0.3) is 0 Å². The first-order valence-corrected chi connectivity index (χ1v) is 14.6. The molecule has 0 atom stereocenters. The van der Waals surface area contributed by atoms with Crippen molar-refractivity contribution >= 4 is 26.1 Å². The van der Waals surface area contributed by atoms with Crippen molar-refractivity contribution in [1.82, 2.24) is 0 Å². The number of rotatable bonds is 12. The Morgan fingerprint density at radius 2 is 1.18 bits per heavy atom. The Hall–Kier alpha value is 0.130. The van der Waals surface area contributed by atoms with Crippen molar-refractivity contribution in [3.8, 4) is 0 Å². The number of hydrogen-bond donors (Lipinski definition) is 0. The van der Waals surface area contributed by atoms with Crippen LogP contribution in [0.5, 0.6) is 0 Å². The standard InChI is InChI=1S/C20H36BrP/c1-4-5-6-7-8-9-10-11-12-16-19-22(2,3,21)20-17-14-13-15-18-20/h13-15,17-18H,4-12,16,19H2,1-3H3. The molecule has 1 aromatic rings. The van der Waals surface area contributed by atoms with Gasteiger partial charge in [-0.3, -0.25) is 0 Å². The van der Waals surface area contributed by atoms with E-state index in [-0.39, 0.29) is 0 Å². The van der Waals surface area contributed by atoms with Gasteiger partial charge in [-0.25, -0.2) is 0 Å². The molecule has 0 saturated heterocycles. The van der Waals surface area contributed by atoms with Gasteiger partial charge in [0, 0.05) is 0 Å². The summed E-state index contributed by atoms with van der Waals surface area (Å²) in [7, 11) is 0. The first kappa shape index (κ1) is 20.2. The summed E-state index contributed by atoms with van der Waals surface area (Å²) in [4.78, 5) is 0. The van der Waals surface area contributed by atoms with E-state index in [2.05, 4.69) is 66.1 Å². The third-order valence-electron chi connectivity index (χ3n) is 4.71. The van der Waals surface area contributed by atoms with Crippen molar-refractivity contribution in [3.63, 3.8) is 0 Å². The Kier molecular flexibility index (Phi) is 9.25. The van der Waals surface area contributed by atoms with Crippen LogP contribution in [0.3, 0.4) is 0 Å². The van der Waals surface area contributed by atoms with Crippen molar-refractivity contribution in [1.29, 1.82) is 0 Å². The van der Waals surface area contributed by atoms with E-state index in [1.165, 1.54) is 75.7 Å². The van der Waals surface area contributed by atoms with E-state index >= 15 is 0 Å². The molecule has 0 amide bonds. The molecule has 128 valence electrons. The summed E-state index contributed by atoms with van der Waals surface area (Å²) in [6.07, 6.45) is 15.5. The fourth-order valence-electron chi connectivity index (χ4n) is 3.07. The Bertz CT molecular complexity index is 391. The molecule has 1 rings (SSSR count). The van der Waals surface area contributed by atoms with Gasteiger partial charge in [-0.15, -0.1) is 0 Å². The monoisotopic (exact) mass is 386 g/mol. The third-order valence-corrected chi connectivity index (χ3v) is 10.5. The molecule has 0 bridgehead atoms. The molecule has 0 saturated carbocycles. The normalized spacial score (nSPS) is 13.7. The van der Waals surface area contributed by atoms with E-state index < -0.39 is 5.31 Å². The average Bonchev–Trinajstić information content (AvgIpc) is 2.50. The second-order valence-electron chi connectivity index (χ2n) is 7.47. The van der Waals surface area contributed by atoms with Crippen LogP contribution < -0.4 is 5.30 Å². The summed E-state index contributed by atoms with van der Waals surface area (Å²) < 4.78 is 0. The molecule has 1 aromatic carbocycles. The number of hydrogen-bond acceptors (Lipinski definition) is 0. The molecule has 0 aliphatic heterocycles. The van der Waals surface area contributed by atoms with Gasteiger partial charge in [0.25, 0.3) is 0 Å². The number of unbranched alkanes of at least 4 members (excludes halogenated alkanes) is 9. The Balaban J connectivity index is 2.13. The molecule has 0 aliphatic carbocycles. The molecule has 0 N–H and O–H groups in total. The van der Waals surface area contributed by atoms with Crippen LogP contribution in [-0.2, 0) is 0 Å². The molecular formula is C20H36BrP. The SMILES string of the molecule is CCCCCCCCCCCCP(C)(C)(Br)c1ccccc1. The topological polar surface area (TPSA) is 0 Å². The summed E-state index contributed by atoms with van der Waals surface area (Å²) >= 11 is 4.14. The first-order valence-electron chi connectivity index (χ1n) is 9.22. The third kappa shape index (κ3) is 8.11. The van der Waals surface area contributed by atoms with Crippen LogP contribution in [0.1, 0.15) is 71.1 Å². The van der Waals surface area contributed by atoms with Crippen molar-refractivity contribution < 1.29 is 0 Å². The molecule has 0 unspecified atom stereocenters. The van der Waals surface area contributed by atoms with E-state index in [1.807, 2.05) is 0 Å². The molecule has 0 heterocycles. The zero-order valence-corrected chi connectivity index (χ0v) is 17.5. The van der Waals surface area contributed by atoms with Gasteiger partial charge >= 0.3 is 147 Å². The van der Waals surface area contributed by atoms with E-state index in [0.29, 0.717) is 0 Å². The molecule has 0 nitrogen and oxygen atoms in total. The fraction of sp³-hybridized carbons (Fsp3) is 0.700. The molecule has 0 aromatic heterocycles. The maximum atomic E-state index is 4.14. The van der Waals surface area contributed by atoms with Gasteiger partial charge in [0.05, 0.1) is 0 Å². The summed E-state index contributed by atoms with van der Waals surface area (Å²) in [5, 5.41) is -0.314. The van der Waals surface area contributed by atoms with Crippen molar-refractivity contribution in [2.45, 2.75) is 71.1 Å². The van der Waals surface area contributed by atoms with Crippen LogP contribution >= 0.6 is 20.8 Å². The zero-order chi connectivity index (χ0) is 16.3. The molecule has 0 aliphatic rings. The van der Waals surface area contributed by atoms with Crippen LogP contribution in [-0.4, -0.2) is 19.5 Å². The van der Waals surface area contributed by atoms with Crippen molar-refractivity contribution in [2.24, 2.45) is 0 Å². The molecule has 0 spiro atoms. The summed E-state index contributed by atoms with van der Waals surface area (Å²) in [5.41, 5.74) is 0. The van der Waals surface area contributed by atoms with Crippen LogP contribution in [0.2, 0.25) is 0 Å². The van der Waals surface area contributed by atoms with E-state index in [4.69, 9.17) is 0 Å². The van der Waals surface area contributed by atoms with Crippen LogP contribution in [0.15, 0.2) is 30.3 Å². The second-order valence-corrected chi connectivity index (χ2v) is 19.7. The molecule has 0 radical (unpaired) electrons. The predicted molar refractivity (Wildman–Crippen MR) is 110 cm³/mol. The van der Waals surface area contributed by atoms with Gasteiger partial charge < -0.3 is 0 Å². The van der Waals surface area contributed by atoms with Gasteiger partial charge in [0.15, 0.2) is 0 Å². The minimum atomic E-state index is -1.83. The zero-order valence-electron chi connectivity index (χ0n) is 15.0. The second kappa shape index (κ2) is 10.1. The van der Waals surface area contributed by atoms with Gasteiger partial charge in [-0.1, -0.05) is 0 Å².